The Kier molecular flexibility index (Phi) is 3.79. The van der Waals surface area contributed by atoms with Crippen molar-refractivity contribution < 1.29 is 4.74 Å². The highest BCUT2D eigenvalue weighted by atomic mass is 16.5. The van der Waals surface area contributed by atoms with Crippen LogP contribution >= 0.6 is 0 Å². The zero-order chi connectivity index (χ0) is 9.80. The van der Waals surface area contributed by atoms with Crippen molar-refractivity contribution in [2.24, 2.45) is 0 Å². The van der Waals surface area contributed by atoms with E-state index in [1.54, 1.807) is 0 Å². The maximum Gasteiger partial charge on any atom is 0.0674 e. The van der Waals surface area contributed by atoms with Crippen molar-refractivity contribution in [3.63, 3.8) is 0 Å². The fourth-order valence-corrected chi connectivity index (χ4v) is 1.99. The molecule has 2 fully saturated rings. The second kappa shape index (κ2) is 5.10. The van der Waals surface area contributed by atoms with Gasteiger partial charge in [-0.3, -0.25) is 4.90 Å². The van der Waals surface area contributed by atoms with Crippen LogP contribution in [0.5, 0.6) is 0 Å². The molecule has 3 heteroatoms. The molecule has 82 valence electrons. The van der Waals surface area contributed by atoms with Gasteiger partial charge in [-0.2, -0.15) is 0 Å². The largest absolute Gasteiger partial charge is 0.376 e. The van der Waals surface area contributed by atoms with Crippen LogP contribution in [0.1, 0.15) is 26.2 Å². The maximum atomic E-state index is 5.51. The van der Waals surface area contributed by atoms with Crippen molar-refractivity contribution in [1.82, 2.24) is 10.2 Å². The van der Waals surface area contributed by atoms with Crippen LogP contribution in [-0.2, 0) is 4.74 Å². The Morgan fingerprint density at radius 1 is 1.43 bits per heavy atom. The molecular weight excluding hydrogens is 176 g/mol. The fourth-order valence-electron chi connectivity index (χ4n) is 1.99. The molecule has 2 rings (SSSR count). The minimum Gasteiger partial charge on any atom is -0.376 e. The molecule has 14 heavy (non-hydrogen) atoms. The Bertz CT molecular complexity index is 171. The molecule has 1 aliphatic carbocycles. The minimum absolute atomic E-state index is 0.431. The third kappa shape index (κ3) is 3.56. The number of nitrogens with zero attached hydrogens (tertiary/aromatic N) is 1. The van der Waals surface area contributed by atoms with E-state index in [2.05, 4.69) is 17.1 Å². The first-order valence-corrected chi connectivity index (χ1v) is 5.92. The van der Waals surface area contributed by atoms with E-state index >= 15 is 0 Å². The van der Waals surface area contributed by atoms with Gasteiger partial charge in [0.25, 0.3) is 0 Å². The van der Waals surface area contributed by atoms with E-state index in [1.165, 1.54) is 32.4 Å². The molecule has 1 N–H and O–H groups in total. The van der Waals surface area contributed by atoms with E-state index in [0.717, 1.165) is 25.7 Å². The summed E-state index contributed by atoms with van der Waals surface area (Å²) in [5.41, 5.74) is 0. The summed E-state index contributed by atoms with van der Waals surface area (Å²) in [6, 6.07) is 0.860. The normalized spacial score (nSPS) is 29.4. The van der Waals surface area contributed by atoms with Gasteiger partial charge in [0.15, 0.2) is 0 Å². The summed E-state index contributed by atoms with van der Waals surface area (Å²) >= 11 is 0. The lowest BCUT2D eigenvalue weighted by Crippen LogP contribution is -2.42. The van der Waals surface area contributed by atoms with Gasteiger partial charge in [0.1, 0.15) is 0 Å². The molecule has 0 aromatic heterocycles. The molecule has 1 atom stereocenters. The highest BCUT2D eigenvalue weighted by Gasteiger charge is 2.20. The zero-order valence-electron chi connectivity index (χ0n) is 9.17. The number of nitrogens with one attached hydrogen (secondary N) is 1. The Balaban J connectivity index is 1.50. The molecule has 1 saturated carbocycles. The summed E-state index contributed by atoms with van der Waals surface area (Å²) in [4.78, 5) is 2.52. The van der Waals surface area contributed by atoms with Crippen molar-refractivity contribution in [3.8, 4) is 0 Å². The maximum absolute atomic E-state index is 5.51. The van der Waals surface area contributed by atoms with Crippen LogP contribution in [0, 0.1) is 0 Å². The molecule has 1 heterocycles. The van der Waals surface area contributed by atoms with E-state index in [9.17, 15) is 0 Å². The van der Waals surface area contributed by atoms with Crippen molar-refractivity contribution in [3.05, 3.63) is 0 Å². The highest BCUT2D eigenvalue weighted by molar-refractivity contribution is 4.80. The highest BCUT2D eigenvalue weighted by Crippen LogP contribution is 2.18. The van der Waals surface area contributed by atoms with E-state index in [1.807, 2.05) is 0 Å². The van der Waals surface area contributed by atoms with Crippen LogP contribution in [0.3, 0.4) is 0 Å². The van der Waals surface area contributed by atoms with Gasteiger partial charge in [0, 0.05) is 19.1 Å². The first-order valence-electron chi connectivity index (χ1n) is 5.92. The van der Waals surface area contributed by atoms with E-state index in [-0.39, 0.29) is 0 Å². The predicted octanol–water partition coefficient (Wildman–Crippen LogP) is 0.849. The van der Waals surface area contributed by atoms with Gasteiger partial charge < -0.3 is 10.1 Å². The summed E-state index contributed by atoms with van der Waals surface area (Å²) < 4.78 is 5.51. The molecule has 2 aliphatic rings. The van der Waals surface area contributed by atoms with Crippen LogP contribution < -0.4 is 5.32 Å². The Labute approximate surface area is 86.8 Å². The van der Waals surface area contributed by atoms with Gasteiger partial charge in [-0.25, -0.2) is 0 Å². The molecule has 1 aliphatic heterocycles. The van der Waals surface area contributed by atoms with Gasteiger partial charge in [-0.15, -0.1) is 0 Å². The predicted molar refractivity (Wildman–Crippen MR) is 57.5 cm³/mol. The van der Waals surface area contributed by atoms with Gasteiger partial charge in [0.05, 0.1) is 12.7 Å². The van der Waals surface area contributed by atoms with Gasteiger partial charge in [-0.1, -0.05) is 0 Å². The minimum atomic E-state index is 0.431. The lowest BCUT2D eigenvalue weighted by molar-refractivity contribution is -0.0183. The average Bonchev–Trinajstić information content (AvgIpc) is 2.96. The Hall–Kier alpha value is -0.120. The van der Waals surface area contributed by atoms with Gasteiger partial charge in [0.2, 0.25) is 0 Å². The molecular formula is C11H22N2O. The molecule has 3 nitrogen and oxygen atoms in total. The second-order valence-electron chi connectivity index (χ2n) is 4.56. The first-order chi connectivity index (χ1) is 6.84. The number of ether oxygens (including phenoxy) is 1. The molecule has 0 aromatic carbocycles. The molecule has 0 radical (unpaired) electrons. The lowest BCUT2D eigenvalue weighted by atomic mass is 10.3. The first kappa shape index (κ1) is 10.4. The molecule has 0 aromatic rings. The van der Waals surface area contributed by atoms with Crippen LogP contribution in [0.25, 0.3) is 0 Å². The van der Waals surface area contributed by atoms with Crippen LogP contribution in [0.2, 0.25) is 0 Å². The van der Waals surface area contributed by atoms with Crippen LogP contribution in [-0.4, -0.2) is 49.8 Å². The second-order valence-corrected chi connectivity index (χ2v) is 4.56. The smallest absolute Gasteiger partial charge is 0.0674 e. The SMILES string of the molecule is CC1CN(CCCNC2CC2)CCO1. The van der Waals surface area contributed by atoms with Crippen molar-refractivity contribution >= 4 is 0 Å². The zero-order valence-corrected chi connectivity index (χ0v) is 9.17. The Morgan fingerprint density at radius 2 is 2.29 bits per heavy atom. The molecule has 0 spiro atoms. The van der Waals surface area contributed by atoms with E-state index in [0.29, 0.717) is 6.10 Å². The topological polar surface area (TPSA) is 24.5 Å². The molecule has 0 bridgehead atoms. The monoisotopic (exact) mass is 198 g/mol. The number of morpholine rings is 1. The fraction of sp³-hybridized carbons (Fsp3) is 1.00. The van der Waals surface area contributed by atoms with Gasteiger partial charge >= 0.3 is 0 Å². The standard InChI is InChI=1S/C11H22N2O/c1-10-9-13(7-8-14-10)6-2-5-12-11-3-4-11/h10-12H,2-9H2,1H3. The summed E-state index contributed by atoms with van der Waals surface area (Å²) in [6.45, 7) is 7.73. The average molecular weight is 198 g/mol. The third-order valence-electron chi connectivity index (χ3n) is 2.99. The molecule has 0 amide bonds. The lowest BCUT2D eigenvalue weighted by Gasteiger charge is -2.31. The summed E-state index contributed by atoms with van der Waals surface area (Å²) in [5, 5.41) is 3.55. The third-order valence-corrected chi connectivity index (χ3v) is 2.99. The van der Waals surface area contributed by atoms with Crippen LogP contribution in [0.4, 0.5) is 0 Å². The number of hydrogen-bond acceptors (Lipinski definition) is 3. The Morgan fingerprint density at radius 3 is 3.00 bits per heavy atom. The molecule has 1 saturated heterocycles. The summed E-state index contributed by atoms with van der Waals surface area (Å²) in [6.07, 6.45) is 4.51. The molecule has 1 unspecified atom stereocenters. The quantitative estimate of drug-likeness (QED) is 0.663. The van der Waals surface area contributed by atoms with Crippen molar-refractivity contribution in [2.75, 3.05) is 32.8 Å². The van der Waals surface area contributed by atoms with E-state index < -0.39 is 0 Å². The number of rotatable bonds is 5. The summed E-state index contributed by atoms with van der Waals surface area (Å²) in [7, 11) is 0. The summed E-state index contributed by atoms with van der Waals surface area (Å²) in [5.74, 6) is 0. The van der Waals surface area contributed by atoms with Gasteiger partial charge in [-0.05, 0) is 39.3 Å². The van der Waals surface area contributed by atoms with Crippen molar-refractivity contribution in [1.29, 1.82) is 0 Å². The van der Waals surface area contributed by atoms with Crippen LogP contribution in [0.15, 0.2) is 0 Å². The van der Waals surface area contributed by atoms with Crippen molar-refractivity contribution in [2.45, 2.75) is 38.3 Å². The number of hydrogen-bond donors (Lipinski definition) is 1. The van der Waals surface area contributed by atoms with E-state index in [4.69, 9.17) is 4.74 Å².